The van der Waals surface area contributed by atoms with Gasteiger partial charge >= 0.3 is 5.97 Å². The molecule has 0 bridgehead atoms. The average Bonchev–Trinajstić information content (AvgIpc) is 2.64. The highest BCUT2D eigenvalue weighted by atomic mass is 35.5. The molecular formula is C20H28ClNO5. The number of nitrogens with one attached hydrogen (secondary N) is 1. The van der Waals surface area contributed by atoms with E-state index in [0.717, 1.165) is 12.8 Å². The molecule has 2 rings (SSSR count). The minimum atomic E-state index is -0.909. The number of rotatable bonds is 6. The van der Waals surface area contributed by atoms with Gasteiger partial charge in [-0.2, -0.15) is 0 Å². The first kappa shape index (κ1) is 21.4. The number of carbonyl (C=O) groups excluding carboxylic acids is 2. The molecule has 0 aromatic heterocycles. The fraction of sp³-hybridized carbons (Fsp3) is 0.600. The zero-order valence-electron chi connectivity index (χ0n) is 16.5. The number of halogens is 1. The van der Waals surface area contributed by atoms with Crippen LogP contribution in [0.15, 0.2) is 12.1 Å². The number of methoxy groups -OCH3 is 2. The summed E-state index contributed by atoms with van der Waals surface area (Å²) in [6.45, 7) is 5.91. The third-order valence-electron chi connectivity index (χ3n) is 5.36. The molecule has 150 valence electrons. The Morgan fingerprint density at radius 3 is 2.52 bits per heavy atom. The standard InChI is InChI=1S/C20H28ClNO5/c1-11-7-6-8-16(12(11)2)22-19(23)13(3)27-20(24)14-9-15(21)18(26-5)17(10-14)25-4/h9-13,16H,6-8H2,1-5H3,(H,22,23)/t11-,12-,13-,16-/m1/s1. The van der Waals surface area contributed by atoms with E-state index in [1.54, 1.807) is 6.92 Å². The predicted octanol–water partition coefficient (Wildman–Crippen LogP) is 3.84. The Bertz CT molecular complexity index is 693. The summed E-state index contributed by atoms with van der Waals surface area (Å²) >= 11 is 6.12. The van der Waals surface area contributed by atoms with E-state index in [9.17, 15) is 9.59 Å². The Morgan fingerprint density at radius 1 is 1.19 bits per heavy atom. The maximum Gasteiger partial charge on any atom is 0.339 e. The molecule has 1 fully saturated rings. The topological polar surface area (TPSA) is 73.9 Å². The highest BCUT2D eigenvalue weighted by molar-refractivity contribution is 6.32. The summed E-state index contributed by atoms with van der Waals surface area (Å²) in [6, 6.07) is 3.02. The fourth-order valence-corrected chi connectivity index (χ4v) is 3.69. The Labute approximate surface area is 165 Å². The van der Waals surface area contributed by atoms with Crippen LogP contribution < -0.4 is 14.8 Å². The predicted molar refractivity (Wildman–Crippen MR) is 104 cm³/mol. The third kappa shape index (κ3) is 5.06. The van der Waals surface area contributed by atoms with Crippen LogP contribution in [0.1, 0.15) is 50.4 Å². The van der Waals surface area contributed by atoms with Crippen molar-refractivity contribution in [1.29, 1.82) is 0 Å². The number of ether oxygens (including phenoxy) is 3. The lowest BCUT2D eigenvalue weighted by Crippen LogP contribution is -2.47. The molecule has 1 aliphatic rings. The molecule has 27 heavy (non-hydrogen) atoms. The first-order chi connectivity index (χ1) is 12.8. The molecule has 6 nitrogen and oxygen atoms in total. The van der Waals surface area contributed by atoms with Gasteiger partial charge in [0.2, 0.25) is 0 Å². The van der Waals surface area contributed by atoms with Gasteiger partial charge < -0.3 is 19.5 Å². The van der Waals surface area contributed by atoms with Crippen molar-refractivity contribution < 1.29 is 23.8 Å². The lowest BCUT2D eigenvalue weighted by atomic mass is 9.78. The van der Waals surface area contributed by atoms with E-state index in [1.807, 2.05) is 0 Å². The van der Waals surface area contributed by atoms with Crippen molar-refractivity contribution in [3.05, 3.63) is 22.7 Å². The molecule has 1 aromatic carbocycles. The van der Waals surface area contributed by atoms with Crippen LogP contribution in [0.2, 0.25) is 5.02 Å². The van der Waals surface area contributed by atoms with Crippen LogP contribution in [0.4, 0.5) is 0 Å². The SMILES string of the molecule is COc1cc(C(=O)O[C@H](C)C(=O)N[C@@H]2CCC[C@@H](C)[C@H]2C)cc(Cl)c1OC. The molecule has 0 spiro atoms. The number of carbonyl (C=O) groups is 2. The Morgan fingerprint density at radius 2 is 1.89 bits per heavy atom. The van der Waals surface area contributed by atoms with Crippen molar-refractivity contribution in [3.8, 4) is 11.5 Å². The molecular weight excluding hydrogens is 370 g/mol. The van der Waals surface area contributed by atoms with Gasteiger partial charge in [0, 0.05) is 6.04 Å². The summed E-state index contributed by atoms with van der Waals surface area (Å²) in [5, 5.41) is 3.25. The maximum absolute atomic E-state index is 12.5. The van der Waals surface area contributed by atoms with Gasteiger partial charge in [0.15, 0.2) is 17.6 Å². The van der Waals surface area contributed by atoms with Gasteiger partial charge in [0.25, 0.3) is 5.91 Å². The molecule has 1 amide bonds. The van der Waals surface area contributed by atoms with Gasteiger partial charge in [0.05, 0.1) is 24.8 Å². The quantitative estimate of drug-likeness (QED) is 0.738. The van der Waals surface area contributed by atoms with Gasteiger partial charge in [-0.05, 0) is 37.3 Å². The van der Waals surface area contributed by atoms with Gasteiger partial charge in [-0.25, -0.2) is 4.79 Å². The van der Waals surface area contributed by atoms with Gasteiger partial charge in [0.1, 0.15) is 0 Å². The van der Waals surface area contributed by atoms with Gasteiger partial charge in [-0.1, -0.05) is 38.3 Å². The second-order valence-corrected chi connectivity index (χ2v) is 7.53. The van der Waals surface area contributed by atoms with Crippen LogP contribution in [-0.4, -0.2) is 38.2 Å². The molecule has 0 radical (unpaired) electrons. The summed E-state index contributed by atoms with van der Waals surface area (Å²) in [4.78, 5) is 24.9. The zero-order chi connectivity index (χ0) is 20.1. The highest BCUT2D eigenvalue weighted by Crippen LogP contribution is 2.36. The summed E-state index contributed by atoms with van der Waals surface area (Å²) in [5.74, 6) is 0.679. The zero-order valence-corrected chi connectivity index (χ0v) is 17.3. The van der Waals surface area contributed by atoms with Crippen LogP contribution in [0, 0.1) is 11.8 Å². The highest BCUT2D eigenvalue weighted by Gasteiger charge is 2.30. The van der Waals surface area contributed by atoms with Gasteiger partial charge in [-0.15, -0.1) is 0 Å². The molecule has 1 aliphatic carbocycles. The van der Waals surface area contributed by atoms with E-state index >= 15 is 0 Å². The van der Waals surface area contributed by atoms with E-state index in [-0.39, 0.29) is 22.5 Å². The second-order valence-electron chi connectivity index (χ2n) is 7.12. The molecule has 4 atom stereocenters. The summed E-state index contributed by atoms with van der Waals surface area (Å²) < 4.78 is 15.7. The normalized spacial score (nSPS) is 23.3. The summed E-state index contributed by atoms with van der Waals surface area (Å²) in [7, 11) is 2.91. The van der Waals surface area contributed by atoms with E-state index < -0.39 is 12.1 Å². The smallest absolute Gasteiger partial charge is 0.339 e. The number of benzene rings is 1. The van der Waals surface area contributed by atoms with E-state index in [4.69, 9.17) is 25.8 Å². The monoisotopic (exact) mass is 397 g/mol. The minimum absolute atomic E-state index is 0.109. The van der Waals surface area contributed by atoms with Crippen molar-refractivity contribution >= 4 is 23.5 Å². The number of amides is 1. The molecule has 0 unspecified atom stereocenters. The van der Waals surface area contributed by atoms with Crippen molar-refractivity contribution in [2.45, 2.75) is 52.2 Å². The van der Waals surface area contributed by atoms with Crippen LogP contribution in [0.5, 0.6) is 11.5 Å². The van der Waals surface area contributed by atoms with Crippen molar-refractivity contribution in [1.82, 2.24) is 5.32 Å². The molecule has 1 N–H and O–H groups in total. The van der Waals surface area contributed by atoms with Crippen molar-refractivity contribution in [3.63, 3.8) is 0 Å². The number of hydrogen-bond acceptors (Lipinski definition) is 5. The van der Waals surface area contributed by atoms with E-state index in [1.165, 1.54) is 32.8 Å². The van der Waals surface area contributed by atoms with E-state index in [2.05, 4.69) is 19.2 Å². The summed E-state index contributed by atoms with van der Waals surface area (Å²) in [5.41, 5.74) is 0.192. The maximum atomic E-state index is 12.5. The molecule has 1 saturated carbocycles. The Balaban J connectivity index is 2.02. The summed E-state index contributed by atoms with van der Waals surface area (Å²) in [6.07, 6.45) is 2.31. The van der Waals surface area contributed by atoms with Crippen LogP contribution in [-0.2, 0) is 9.53 Å². The Kier molecular flexibility index (Phi) is 7.36. The first-order valence-electron chi connectivity index (χ1n) is 9.21. The minimum Gasteiger partial charge on any atom is -0.493 e. The molecule has 0 aliphatic heterocycles. The lowest BCUT2D eigenvalue weighted by molar-refractivity contribution is -0.130. The number of esters is 1. The second kappa shape index (κ2) is 9.31. The average molecular weight is 398 g/mol. The van der Waals surface area contributed by atoms with Crippen LogP contribution >= 0.6 is 11.6 Å². The third-order valence-corrected chi connectivity index (χ3v) is 5.64. The van der Waals surface area contributed by atoms with Crippen molar-refractivity contribution in [2.75, 3.05) is 14.2 Å². The number of hydrogen-bond donors (Lipinski definition) is 1. The van der Waals surface area contributed by atoms with E-state index in [0.29, 0.717) is 23.3 Å². The van der Waals surface area contributed by atoms with Crippen molar-refractivity contribution in [2.24, 2.45) is 11.8 Å². The first-order valence-corrected chi connectivity index (χ1v) is 9.59. The molecule has 0 saturated heterocycles. The molecule has 1 aromatic rings. The van der Waals surface area contributed by atoms with Crippen LogP contribution in [0.3, 0.4) is 0 Å². The lowest BCUT2D eigenvalue weighted by Gasteiger charge is -2.35. The largest absolute Gasteiger partial charge is 0.493 e. The van der Waals surface area contributed by atoms with Gasteiger partial charge in [-0.3, -0.25) is 4.79 Å². The molecule has 7 heteroatoms. The fourth-order valence-electron chi connectivity index (χ4n) is 3.40. The van der Waals surface area contributed by atoms with Crippen LogP contribution in [0.25, 0.3) is 0 Å². The Hall–Kier alpha value is -1.95. The molecule has 0 heterocycles.